The van der Waals surface area contributed by atoms with Crippen LogP contribution in [0, 0.1) is 0 Å². The molecule has 2 nitrogen and oxygen atoms in total. The Morgan fingerprint density at radius 1 is 1.05 bits per heavy atom. The Morgan fingerprint density at radius 3 is 2.24 bits per heavy atom. The fourth-order valence-corrected chi connectivity index (χ4v) is 4.40. The molecule has 2 aliphatic heterocycles. The van der Waals surface area contributed by atoms with E-state index in [1.165, 1.54) is 57.8 Å². The van der Waals surface area contributed by atoms with Crippen LogP contribution in [-0.4, -0.2) is 34.7 Å². The lowest BCUT2D eigenvalue weighted by atomic mass is 9.74. The molecule has 0 aromatic heterocycles. The summed E-state index contributed by atoms with van der Waals surface area (Å²) in [7, 11) is 2.26. The molecule has 2 heteroatoms. The summed E-state index contributed by atoms with van der Waals surface area (Å²) in [5.74, 6) is 0. The van der Waals surface area contributed by atoms with Gasteiger partial charge < -0.3 is 10.0 Å². The van der Waals surface area contributed by atoms with Crippen molar-refractivity contribution in [1.82, 2.24) is 4.90 Å². The Morgan fingerprint density at radius 2 is 1.62 bits per heavy atom. The molecule has 2 atom stereocenters. The van der Waals surface area contributed by atoms with E-state index in [4.69, 9.17) is 0 Å². The third-order valence-electron chi connectivity index (χ3n) is 5.76. The summed E-state index contributed by atoms with van der Waals surface area (Å²) in [6.45, 7) is 3.77. The molecule has 21 heavy (non-hydrogen) atoms. The standard InChI is InChI=1S/C19H35NO/c1-3-4-5-6-7-8-9-10-14-19(21)15-17-12-11-13-18(16-19)20(17)2/h3,17-18,21H,1,4-16H2,2H3. The van der Waals surface area contributed by atoms with Gasteiger partial charge in [-0.25, -0.2) is 0 Å². The van der Waals surface area contributed by atoms with Gasteiger partial charge in [0.25, 0.3) is 0 Å². The summed E-state index contributed by atoms with van der Waals surface area (Å²) >= 11 is 0. The van der Waals surface area contributed by atoms with Crippen molar-refractivity contribution in [2.24, 2.45) is 0 Å². The van der Waals surface area contributed by atoms with Crippen LogP contribution in [-0.2, 0) is 0 Å². The van der Waals surface area contributed by atoms with E-state index >= 15 is 0 Å². The van der Waals surface area contributed by atoms with Crippen LogP contribution in [0.25, 0.3) is 0 Å². The molecule has 0 radical (unpaired) electrons. The van der Waals surface area contributed by atoms with Crippen LogP contribution in [0.3, 0.4) is 0 Å². The molecule has 0 saturated carbocycles. The van der Waals surface area contributed by atoms with E-state index in [2.05, 4.69) is 18.5 Å². The van der Waals surface area contributed by atoms with Gasteiger partial charge in [-0.1, -0.05) is 44.6 Å². The molecule has 2 unspecified atom stereocenters. The summed E-state index contributed by atoms with van der Waals surface area (Å²) in [5.41, 5.74) is -0.356. The predicted octanol–water partition coefficient (Wildman–Crippen LogP) is 4.67. The number of allylic oxidation sites excluding steroid dienone is 1. The molecule has 0 aliphatic carbocycles. The molecule has 2 bridgehead atoms. The quantitative estimate of drug-likeness (QED) is 0.493. The maximum absolute atomic E-state index is 10.9. The summed E-state index contributed by atoms with van der Waals surface area (Å²) in [6.07, 6.45) is 18.0. The van der Waals surface area contributed by atoms with Crippen molar-refractivity contribution in [2.75, 3.05) is 7.05 Å². The fourth-order valence-electron chi connectivity index (χ4n) is 4.40. The molecular weight excluding hydrogens is 258 g/mol. The molecule has 1 N–H and O–H groups in total. The third kappa shape index (κ3) is 5.10. The van der Waals surface area contributed by atoms with E-state index in [-0.39, 0.29) is 5.60 Å². The first-order valence-electron chi connectivity index (χ1n) is 9.20. The third-order valence-corrected chi connectivity index (χ3v) is 5.76. The maximum atomic E-state index is 10.9. The van der Waals surface area contributed by atoms with Gasteiger partial charge in [0.05, 0.1) is 5.60 Å². The van der Waals surface area contributed by atoms with E-state index in [1.54, 1.807) is 0 Å². The summed E-state index contributed by atoms with van der Waals surface area (Å²) in [6, 6.07) is 1.28. The summed E-state index contributed by atoms with van der Waals surface area (Å²) in [5, 5.41) is 10.9. The first kappa shape index (κ1) is 17.0. The molecule has 0 aromatic rings. The number of hydrogen-bond acceptors (Lipinski definition) is 2. The Hall–Kier alpha value is -0.340. The largest absolute Gasteiger partial charge is 0.390 e. The number of hydrogen-bond donors (Lipinski definition) is 1. The van der Waals surface area contributed by atoms with Crippen molar-refractivity contribution in [1.29, 1.82) is 0 Å². The highest BCUT2D eigenvalue weighted by molar-refractivity contribution is 4.98. The Bertz CT molecular complexity index is 301. The summed E-state index contributed by atoms with van der Waals surface area (Å²) in [4.78, 5) is 2.54. The van der Waals surface area contributed by atoms with E-state index < -0.39 is 0 Å². The van der Waals surface area contributed by atoms with Gasteiger partial charge in [-0.3, -0.25) is 0 Å². The van der Waals surface area contributed by atoms with Crippen LogP contribution >= 0.6 is 0 Å². The molecule has 2 heterocycles. The minimum absolute atomic E-state index is 0.356. The van der Waals surface area contributed by atoms with Crippen LogP contribution in [0.1, 0.15) is 83.5 Å². The van der Waals surface area contributed by atoms with Gasteiger partial charge in [0.1, 0.15) is 0 Å². The van der Waals surface area contributed by atoms with Gasteiger partial charge in [0.15, 0.2) is 0 Å². The van der Waals surface area contributed by atoms with E-state index in [9.17, 15) is 5.11 Å². The van der Waals surface area contributed by atoms with Gasteiger partial charge >= 0.3 is 0 Å². The van der Waals surface area contributed by atoms with Crippen molar-refractivity contribution in [3.63, 3.8) is 0 Å². The van der Waals surface area contributed by atoms with E-state index in [1.807, 2.05) is 6.08 Å². The first-order valence-corrected chi connectivity index (χ1v) is 9.20. The second-order valence-corrected chi connectivity index (χ2v) is 7.49. The highest BCUT2D eigenvalue weighted by Gasteiger charge is 2.43. The Labute approximate surface area is 131 Å². The zero-order valence-corrected chi connectivity index (χ0v) is 14.0. The number of nitrogens with zero attached hydrogens (tertiary/aromatic N) is 1. The first-order chi connectivity index (χ1) is 10.1. The average molecular weight is 293 g/mol. The zero-order chi connectivity index (χ0) is 15.1. The van der Waals surface area contributed by atoms with Crippen molar-refractivity contribution in [3.8, 4) is 0 Å². The number of fused-ring (bicyclic) bond motifs is 2. The van der Waals surface area contributed by atoms with Gasteiger partial charge in [-0.15, -0.1) is 6.58 Å². The maximum Gasteiger partial charge on any atom is 0.0677 e. The number of aliphatic hydroxyl groups is 1. The second-order valence-electron chi connectivity index (χ2n) is 7.49. The average Bonchev–Trinajstić information content (AvgIpc) is 2.44. The molecule has 0 amide bonds. The minimum atomic E-state index is -0.356. The normalized spacial score (nSPS) is 33.0. The Balaban J connectivity index is 1.60. The minimum Gasteiger partial charge on any atom is -0.390 e. The van der Waals surface area contributed by atoms with Crippen molar-refractivity contribution >= 4 is 0 Å². The highest BCUT2D eigenvalue weighted by atomic mass is 16.3. The van der Waals surface area contributed by atoms with Crippen LogP contribution in [0.15, 0.2) is 12.7 Å². The van der Waals surface area contributed by atoms with Gasteiger partial charge in [0, 0.05) is 12.1 Å². The lowest BCUT2D eigenvalue weighted by molar-refractivity contribution is -0.0878. The van der Waals surface area contributed by atoms with Crippen LogP contribution < -0.4 is 0 Å². The SMILES string of the molecule is C=CCCCCCCCCC1(O)CC2CCCC(C1)N2C. The fraction of sp³-hybridized carbons (Fsp3) is 0.895. The molecule has 122 valence electrons. The molecule has 0 aromatic carbocycles. The number of unbranched alkanes of at least 4 members (excludes halogenated alkanes) is 6. The monoisotopic (exact) mass is 293 g/mol. The molecule has 0 spiro atoms. The molecule has 2 aliphatic rings. The highest BCUT2D eigenvalue weighted by Crippen LogP contribution is 2.40. The summed E-state index contributed by atoms with van der Waals surface area (Å²) < 4.78 is 0. The van der Waals surface area contributed by atoms with Crippen LogP contribution in [0.2, 0.25) is 0 Å². The topological polar surface area (TPSA) is 23.5 Å². The molecule has 2 fully saturated rings. The van der Waals surface area contributed by atoms with Crippen molar-refractivity contribution in [2.45, 2.75) is 101 Å². The molecular formula is C19H35NO. The lowest BCUT2D eigenvalue weighted by Crippen LogP contribution is -2.56. The predicted molar refractivity (Wildman–Crippen MR) is 90.5 cm³/mol. The smallest absolute Gasteiger partial charge is 0.0677 e. The molecule has 2 rings (SSSR count). The zero-order valence-electron chi connectivity index (χ0n) is 14.0. The van der Waals surface area contributed by atoms with Crippen LogP contribution in [0.5, 0.6) is 0 Å². The van der Waals surface area contributed by atoms with Crippen molar-refractivity contribution in [3.05, 3.63) is 12.7 Å². The van der Waals surface area contributed by atoms with Gasteiger partial charge in [-0.05, 0) is 52.0 Å². The molecule has 2 saturated heterocycles. The van der Waals surface area contributed by atoms with Gasteiger partial charge in [-0.2, -0.15) is 0 Å². The lowest BCUT2D eigenvalue weighted by Gasteiger charge is -2.50. The van der Waals surface area contributed by atoms with E-state index in [0.29, 0.717) is 12.1 Å². The number of piperidine rings is 2. The van der Waals surface area contributed by atoms with Crippen molar-refractivity contribution < 1.29 is 5.11 Å². The van der Waals surface area contributed by atoms with Gasteiger partial charge in [0.2, 0.25) is 0 Å². The van der Waals surface area contributed by atoms with Crippen LogP contribution in [0.4, 0.5) is 0 Å². The van der Waals surface area contributed by atoms with E-state index in [0.717, 1.165) is 25.7 Å². The number of rotatable bonds is 9. The second kappa shape index (κ2) is 8.33. The Kier molecular flexibility index (Phi) is 6.75.